The molecule has 1 aromatic rings. The van der Waals surface area contributed by atoms with Gasteiger partial charge in [-0.05, 0) is 75.7 Å². The highest BCUT2D eigenvalue weighted by Crippen LogP contribution is 2.44. The number of rotatable bonds is 21. The van der Waals surface area contributed by atoms with Gasteiger partial charge in [-0.25, -0.2) is 0 Å². The molecular formula is C35H53B2NO5. The Balaban J connectivity index is 1.67. The van der Waals surface area contributed by atoms with E-state index in [1.54, 1.807) is 0 Å². The van der Waals surface area contributed by atoms with Crippen molar-refractivity contribution in [3.63, 3.8) is 0 Å². The predicted molar refractivity (Wildman–Crippen MR) is 176 cm³/mol. The molecule has 1 aliphatic heterocycles. The minimum Gasteiger partial charge on any atom is -0.458 e. The molecule has 1 heterocycles. The van der Waals surface area contributed by atoms with E-state index in [0.29, 0.717) is 31.6 Å². The molecule has 1 N–H and O–H groups in total. The third-order valence-electron chi connectivity index (χ3n) is 8.51. The van der Waals surface area contributed by atoms with E-state index < -0.39 is 0 Å². The van der Waals surface area contributed by atoms with Crippen molar-refractivity contribution in [1.82, 2.24) is 5.32 Å². The zero-order valence-corrected chi connectivity index (χ0v) is 26.6. The van der Waals surface area contributed by atoms with Gasteiger partial charge >= 0.3 is 13.1 Å². The van der Waals surface area contributed by atoms with Crippen LogP contribution in [0.25, 0.3) is 0 Å². The summed E-state index contributed by atoms with van der Waals surface area (Å²) in [5.41, 5.74) is 1.24. The Morgan fingerprint density at radius 2 is 1.86 bits per heavy atom. The quantitative estimate of drug-likeness (QED) is 0.0711. The number of esters is 1. The van der Waals surface area contributed by atoms with Crippen LogP contribution in [-0.4, -0.2) is 51.7 Å². The normalized spacial score (nSPS) is 22.3. The smallest absolute Gasteiger partial charge is 0.457 e. The molecule has 2 fully saturated rings. The van der Waals surface area contributed by atoms with Crippen molar-refractivity contribution < 1.29 is 23.6 Å². The van der Waals surface area contributed by atoms with E-state index in [9.17, 15) is 9.59 Å². The first-order valence-electron chi connectivity index (χ1n) is 16.9. The number of ether oxygens (including phenoxy) is 1. The summed E-state index contributed by atoms with van der Waals surface area (Å²) in [7, 11) is 5.46. The van der Waals surface area contributed by atoms with E-state index in [1.807, 2.05) is 25.1 Å². The summed E-state index contributed by atoms with van der Waals surface area (Å²) < 4.78 is 19.0. The van der Waals surface area contributed by atoms with Gasteiger partial charge in [0.05, 0.1) is 14.0 Å². The second kappa shape index (κ2) is 20.6. The SMILES string of the molecule is [B]CCCCCC(=O)O[C@H](/C=C/[C@@H]1[C@@H](C/C=C\CCCC(=O)NCC)[C@@H]2C[C@H]1OB(CCCC)O2)CCc1ccccc1. The number of aryl methyl sites for hydroxylation is 1. The number of fused-ring (bicyclic) bond motifs is 2. The molecule has 234 valence electrons. The van der Waals surface area contributed by atoms with Crippen LogP contribution in [0, 0.1) is 11.8 Å². The molecule has 2 aliphatic rings. The molecule has 8 heteroatoms. The molecule has 6 nitrogen and oxygen atoms in total. The van der Waals surface area contributed by atoms with Gasteiger partial charge in [-0.3, -0.25) is 9.59 Å². The average molecular weight is 589 g/mol. The Morgan fingerprint density at radius 1 is 1.05 bits per heavy atom. The lowest BCUT2D eigenvalue weighted by molar-refractivity contribution is -0.147. The Kier molecular flexibility index (Phi) is 16.9. The number of hydrogen-bond acceptors (Lipinski definition) is 5. The molecular weight excluding hydrogens is 536 g/mol. The summed E-state index contributed by atoms with van der Waals surface area (Å²) in [6, 6.07) is 10.4. The first kappa shape index (κ1) is 35.2. The standard InChI is InChI=1S/C35H53B2NO5/c1-3-5-26-37-42-32-27-33(43-37)31(30(32)18-12-6-7-13-19-34(39)38-4-2)24-23-29(22-21-28-16-10-8-11-17-28)41-35(40)20-14-9-15-25-36/h6,8,10-12,16-17,23-24,29-33H,3-5,7,9,13-15,18-22,25-27H2,1-2H3,(H,38,39)/b12-6-,24-23+/t29-,30+,31+,32-,33+/m0/s1. The number of carbonyl (C=O) groups excluding carboxylic acids is 2. The van der Waals surface area contributed by atoms with Crippen molar-refractivity contribution in [2.24, 2.45) is 11.8 Å². The Hall–Kier alpha value is -2.31. The number of allylic oxidation sites excluding steroid dienone is 2. The highest BCUT2D eigenvalue weighted by atomic mass is 16.6. The number of hydrogen-bond donors (Lipinski definition) is 1. The fourth-order valence-corrected chi connectivity index (χ4v) is 6.15. The molecule has 1 saturated heterocycles. The number of benzene rings is 1. The lowest BCUT2D eigenvalue weighted by atomic mass is 9.80. The molecule has 1 aromatic carbocycles. The van der Waals surface area contributed by atoms with Crippen molar-refractivity contribution in [3.05, 3.63) is 60.2 Å². The van der Waals surface area contributed by atoms with E-state index in [0.717, 1.165) is 76.9 Å². The number of nitrogens with one attached hydrogen (secondary N) is 1. The Labute approximate surface area is 262 Å². The highest BCUT2D eigenvalue weighted by Gasteiger charge is 2.49. The highest BCUT2D eigenvalue weighted by molar-refractivity contribution is 6.44. The topological polar surface area (TPSA) is 73.9 Å². The minimum atomic E-state index is -0.287. The summed E-state index contributed by atoms with van der Waals surface area (Å²) in [5, 5.41) is 2.86. The van der Waals surface area contributed by atoms with E-state index in [2.05, 4.69) is 48.7 Å². The van der Waals surface area contributed by atoms with Gasteiger partial charge in [0, 0.05) is 31.4 Å². The van der Waals surface area contributed by atoms with Gasteiger partial charge in [0.1, 0.15) is 6.10 Å². The minimum absolute atomic E-state index is 0.106. The molecule has 3 rings (SSSR count). The van der Waals surface area contributed by atoms with Gasteiger partial charge < -0.3 is 19.4 Å². The van der Waals surface area contributed by atoms with E-state index >= 15 is 0 Å². The van der Waals surface area contributed by atoms with Crippen molar-refractivity contribution >= 4 is 26.8 Å². The third kappa shape index (κ3) is 13.1. The Bertz CT molecular complexity index is 988. The van der Waals surface area contributed by atoms with Crippen LogP contribution in [-0.2, 0) is 30.1 Å². The maximum atomic E-state index is 12.8. The molecule has 2 radical (unpaired) electrons. The largest absolute Gasteiger partial charge is 0.458 e. The lowest BCUT2D eigenvalue weighted by Crippen LogP contribution is -2.37. The van der Waals surface area contributed by atoms with Crippen molar-refractivity contribution in [1.29, 1.82) is 0 Å². The molecule has 0 unspecified atom stereocenters. The first-order chi connectivity index (χ1) is 21.0. The monoisotopic (exact) mass is 589 g/mol. The van der Waals surface area contributed by atoms with Gasteiger partial charge in [0.2, 0.25) is 5.91 Å². The van der Waals surface area contributed by atoms with Crippen LogP contribution in [0.4, 0.5) is 0 Å². The van der Waals surface area contributed by atoms with Crippen LogP contribution < -0.4 is 5.32 Å². The van der Waals surface area contributed by atoms with Gasteiger partial charge in [-0.15, -0.1) is 0 Å². The van der Waals surface area contributed by atoms with Crippen molar-refractivity contribution in [2.75, 3.05) is 6.54 Å². The summed E-state index contributed by atoms with van der Waals surface area (Å²) in [6.07, 6.45) is 21.3. The maximum Gasteiger partial charge on any atom is 0.457 e. The summed E-state index contributed by atoms with van der Waals surface area (Å²) >= 11 is 0. The van der Waals surface area contributed by atoms with Crippen LogP contribution in [0.5, 0.6) is 0 Å². The lowest BCUT2D eigenvalue weighted by Gasteiger charge is -2.27. The van der Waals surface area contributed by atoms with E-state index in [-0.39, 0.29) is 43.2 Å². The first-order valence-corrected chi connectivity index (χ1v) is 16.9. The van der Waals surface area contributed by atoms with Gasteiger partial charge in [0.25, 0.3) is 0 Å². The predicted octanol–water partition coefficient (Wildman–Crippen LogP) is 7.20. The Morgan fingerprint density at radius 3 is 2.63 bits per heavy atom. The van der Waals surface area contributed by atoms with E-state index in [4.69, 9.17) is 21.9 Å². The van der Waals surface area contributed by atoms with Crippen LogP contribution >= 0.6 is 0 Å². The zero-order valence-electron chi connectivity index (χ0n) is 26.6. The summed E-state index contributed by atoms with van der Waals surface area (Å²) in [6.45, 7) is 4.81. The maximum absolute atomic E-state index is 12.8. The van der Waals surface area contributed by atoms with E-state index in [1.165, 1.54) is 5.56 Å². The zero-order chi connectivity index (χ0) is 30.7. The average Bonchev–Trinajstić information content (AvgIpc) is 3.25. The fraction of sp³-hybridized carbons (Fsp3) is 0.657. The number of carbonyl (C=O) groups is 2. The summed E-state index contributed by atoms with van der Waals surface area (Å²) in [4.78, 5) is 24.5. The molecule has 5 atom stereocenters. The summed E-state index contributed by atoms with van der Waals surface area (Å²) in [5.74, 6) is 0.469. The molecule has 1 saturated carbocycles. The molecule has 2 bridgehead atoms. The number of unbranched alkanes of at least 4 members (excludes halogenated alkanes) is 4. The van der Waals surface area contributed by atoms with Gasteiger partial charge in [-0.2, -0.15) is 0 Å². The van der Waals surface area contributed by atoms with Crippen LogP contribution in [0.1, 0.15) is 96.5 Å². The second-order valence-corrected chi connectivity index (χ2v) is 12.0. The van der Waals surface area contributed by atoms with Gasteiger partial charge in [0.15, 0.2) is 0 Å². The molecule has 0 aromatic heterocycles. The van der Waals surface area contributed by atoms with Crippen molar-refractivity contribution in [2.45, 2.75) is 128 Å². The molecule has 1 amide bonds. The third-order valence-corrected chi connectivity index (χ3v) is 8.51. The molecule has 1 aliphatic carbocycles. The molecule has 0 spiro atoms. The fourth-order valence-electron chi connectivity index (χ4n) is 6.15. The molecule has 43 heavy (non-hydrogen) atoms. The van der Waals surface area contributed by atoms with Crippen molar-refractivity contribution in [3.8, 4) is 0 Å². The van der Waals surface area contributed by atoms with Crippen LogP contribution in [0.3, 0.4) is 0 Å². The van der Waals surface area contributed by atoms with Gasteiger partial charge in [-0.1, -0.05) is 87.5 Å². The second-order valence-electron chi connectivity index (χ2n) is 12.0. The van der Waals surface area contributed by atoms with Crippen LogP contribution in [0.2, 0.25) is 12.6 Å². The van der Waals surface area contributed by atoms with Crippen LogP contribution in [0.15, 0.2) is 54.6 Å². The number of amides is 1.